The number of carbonyl (C=O) groups excluding carboxylic acids is 3. The Kier molecular flexibility index (Phi) is 5.91. The van der Waals surface area contributed by atoms with Gasteiger partial charge in [0.15, 0.2) is 0 Å². The minimum Gasteiger partial charge on any atom is -0.341 e. The molecule has 1 N–H and O–H groups in total. The van der Waals surface area contributed by atoms with Gasteiger partial charge in [0.05, 0.1) is 0 Å². The number of nitrogens with one attached hydrogen (secondary N) is 1. The van der Waals surface area contributed by atoms with E-state index in [1.165, 1.54) is 0 Å². The van der Waals surface area contributed by atoms with Crippen LogP contribution in [0.15, 0.2) is 5.10 Å². The van der Waals surface area contributed by atoms with Crippen molar-refractivity contribution in [3.05, 3.63) is 0 Å². The van der Waals surface area contributed by atoms with Gasteiger partial charge in [0.25, 0.3) is 5.91 Å². The van der Waals surface area contributed by atoms with E-state index in [9.17, 15) is 14.4 Å². The molecule has 2 aliphatic heterocycles. The molecule has 0 aromatic heterocycles. The molecule has 122 valence electrons. The minimum absolute atomic E-state index is 0.122. The number of rotatable bonds is 4. The molecular formula is C15H24N4O3. The van der Waals surface area contributed by atoms with E-state index in [2.05, 4.69) is 17.5 Å². The molecule has 0 spiro atoms. The molecule has 2 aliphatic rings. The van der Waals surface area contributed by atoms with Gasteiger partial charge < -0.3 is 9.80 Å². The second-order valence-corrected chi connectivity index (χ2v) is 5.72. The number of nitrogens with zero attached hydrogens (tertiary/aromatic N) is 3. The highest BCUT2D eigenvalue weighted by molar-refractivity contribution is 6.39. The Labute approximate surface area is 130 Å². The number of amides is 3. The summed E-state index contributed by atoms with van der Waals surface area (Å²) >= 11 is 0. The van der Waals surface area contributed by atoms with Gasteiger partial charge in [-0.05, 0) is 12.8 Å². The molecule has 0 atom stereocenters. The summed E-state index contributed by atoms with van der Waals surface area (Å²) in [5, 5.41) is 3.86. The minimum atomic E-state index is -0.153. The van der Waals surface area contributed by atoms with Crippen LogP contribution in [-0.4, -0.2) is 59.4 Å². The zero-order chi connectivity index (χ0) is 15.9. The third kappa shape index (κ3) is 4.29. The highest BCUT2D eigenvalue weighted by Gasteiger charge is 2.26. The van der Waals surface area contributed by atoms with Crippen molar-refractivity contribution >= 4 is 23.4 Å². The topological polar surface area (TPSA) is 82.1 Å². The summed E-state index contributed by atoms with van der Waals surface area (Å²) in [4.78, 5) is 39.2. The van der Waals surface area contributed by atoms with Crippen LogP contribution in [0.3, 0.4) is 0 Å². The number of hydrogen-bond donors (Lipinski definition) is 1. The van der Waals surface area contributed by atoms with Gasteiger partial charge in [-0.1, -0.05) is 13.3 Å². The quantitative estimate of drug-likeness (QED) is 0.821. The number of unbranched alkanes of at least 4 members (excludes halogenated alkanes) is 1. The van der Waals surface area contributed by atoms with E-state index in [1.54, 1.807) is 4.90 Å². The summed E-state index contributed by atoms with van der Waals surface area (Å²) in [6, 6.07) is 0. The van der Waals surface area contributed by atoms with Crippen LogP contribution in [0.5, 0.6) is 0 Å². The fourth-order valence-corrected chi connectivity index (χ4v) is 2.67. The Morgan fingerprint density at radius 3 is 2.55 bits per heavy atom. The first kappa shape index (κ1) is 16.5. The lowest BCUT2D eigenvalue weighted by Crippen LogP contribution is -2.42. The Bertz CT molecular complexity index is 475. The Morgan fingerprint density at radius 1 is 1.14 bits per heavy atom. The maximum absolute atomic E-state index is 12.4. The third-order valence-electron chi connectivity index (χ3n) is 4.03. The number of hydrazone groups is 1. The van der Waals surface area contributed by atoms with E-state index in [1.807, 2.05) is 4.90 Å². The molecule has 2 rings (SSSR count). The zero-order valence-corrected chi connectivity index (χ0v) is 13.1. The van der Waals surface area contributed by atoms with Crippen LogP contribution in [0, 0.1) is 0 Å². The lowest BCUT2D eigenvalue weighted by molar-refractivity contribution is -0.132. The van der Waals surface area contributed by atoms with Gasteiger partial charge >= 0.3 is 0 Å². The predicted octanol–water partition coefficient (Wildman–Crippen LogP) is 0.504. The smallest absolute Gasteiger partial charge is 0.270 e. The highest BCUT2D eigenvalue weighted by atomic mass is 16.2. The average molecular weight is 308 g/mol. The average Bonchev–Trinajstić information content (AvgIpc) is 2.78. The zero-order valence-electron chi connectivity index (χ0n) is 13.1. The summed E-state index contributed by atoms with van der Waals surface area (Å²) in [6.07, 6.45) is 3.98. The standard InChI is InChI=1S/C15H24N4O3/c1-2-3-5-14(21)18-8-4-9-19(11-10-18)15(22)12-6-7-13(20)17-16-12/h2-11H2,1H3,(H,17,20). The molecule has 0 aromatic carbocycles. The maximum atomic E-state index is 12.4. The van der Waals surface area contributed by atoms with Crippen LogP contribution in [-0.2, 0) is 14.4 Å². The molecule has 7 nitrogen and oxygen atoms in total. The van der Waals surface area contributed by atoms with E-state index >= 15 is 0 Å². The second kappa shape index (κ2) is 7.91. The lowest BCUT2D eigenvalue weighted by Gasteiger charge is -2.23. The van der Waals surface area contributed by atoms with E-state index < -0.39 is 0 Å². The van der Waals surface area contributed by atoms with Crippen LogP contribution in [0.2, 0.25) is 0 Å². The maximum Gasteiger partial charge on any atom is 0.270 e. The van der Waals surface area contributed by atoms with Crippen molar-refractivity contribution in [3.63, 3.8) is 0 Å². The molecule has 3 amide bonds. The molecule has 7 heteroatoms. The highest BCUT2D eigenvalue weighted by Crippen LogP contribution is 2.10. The van der Waals surface area contributed by atoms with Crippen molar-refractivity contribution in [3.8, 4) is 0 Å². The lowest BCUT2D eigenvalue weighted by atomic mass is 10.1. The van der Waals surface area contributed by atoms with Gasteiger partial charge in [-0.25, -0.2) is 5.43 Å². The summed E-state index contributed by atoms with van der Waals surface area (Å²) in [5.74, 6) is -0.0959. The van der Waals surface area contributed by atoms with Gasteiger partial charge in [0, 0.05) is 45.4 Å². The van der Waals surface area contributed by atoms with Crippen molar-refractivity contribution in [2.24, 2.45) is 5.10 Å². The Morgan fingerprint density at radius 2 is 1.86 bits per heavy atom. The molecule has 0 bridgehead atoms. The molecule has 0 aromatic rings. The summed E-state index contributed by atoms with van der Waals surface area (Å²) in [7, 11) is 0. The van der Waals surface area contributed by atoms with E-state index in [4.69, 9.17) is 0 Å². The van der Waals surface area contributed by atoms with E-state index in [-0.39, 0.29) is 17.7 Å². The van der Waals surface area contributed by atoms with Gasteiger partial charge in [0.2, 0.25) is 11.8 Å². The van der Waals surface area contributed by atoms with Crippen LogP contribution in [0.1, 0.15) is 45.4 Å². The van der Waals surface area contributed by atoms with Crippen LogP contribution >= 0.6 is 0 Å². The van der Waals surface area contributed by atoms with Crippen molar-refractivity contribution in [1.82, 2.24) is 15.2 Å². The molecule has 0 unspecified atom stereocenters. The first-order valence-electron chi connectivity index (χ1n) is 8.04. The molecular weight excluding hydrogens is 284 g/mol. The van der Waals surface area contributed by atoms with Gasteiger partial charge in [0.1, 0.15) is 5.71 Å². The molecule has 0 radical (unpaired) electrons. The van der Waals surface area contributed by atoms with Crippen molar-refractivity contribution < 1.29 is 14.4 Å². The number of carbonyl (C=O) groups is 3. The fraction of sp³-hybridized carbons (Fsp3) is 0.733. The molecule has 1 fully saturated rings. The summed E-state index contributed by atoms with van der Waals surface area (Å²) in [6.45, 7) is 4.51. The predicted molar refractivity (Wildman–Crippen MR) is 82.1 cm³/mol. The second-order valence-electron chi connectivity index (χ2n) is 5.72. The van der Waals surface area contributed by atoms with E-state index in [0.29, 0.717) is 51.2 Å². The van der Waals surface area contributed by atoms with Crippen LogP contribution in [0.25, 0.3) is 0 Å². The van der Waals surface area contributed by atoms with Gasteiger partial charge in [-0.2, -0.15) is 5.10 Å². The normalized spacial score (nSPS) is 19.3. The summed E-state index contributed by atoms with van der Waals surface area (Å²) < 4.78 is 0. The Balaban J connectivity index is 1.88. The summed E-state index contributed by atoms with van der Waals surface area (Å²) in [5.41, 5.74) is 2.76. The van der Waals surface area contributed by atoms with Crippen LogP contribution < -0.4 is 5.43 Å². The van der Waals surface area contributed by atoms with Gasteiger partial charge in [-0.3, -0.25) is 14.4 Å². The SMILES string of the molecule is CCCCC(=O)N1CCCN(C(=O)C2=NNC(=O)CC2)CC1. The largest absolute Gasteiger partial charge is 0.341 e. The molecule has 2 heterocycles. The van der Waals surface area contributed by atoms with Crippen LogP contribution in [0.4, 0.5) is 0 Å². The molecule has 0 saturated carbocycles. The number of hydrogen-bond acceptors (Lipinski definition) is 4. The molecule has 1 saturated heterocycles. The van der Waals surface area contributed by atoms with Crippen molar-refractivity contribution in [2.45, 2.75) is 45.4 Å². The van der Waals surface area contributed by atoms with E-state index in [0.717, 1.165) is 19.3 Å². The Hall–Kier alpha value is -1.92. The fourth-order valence-electron chi connectivity index (χ4n) is 2.67. The van der Waals surface area contributed by atoms with Crippen molar-refractivity contribution in [2.75, 3.05) is 26.2 Å². The monoisotopic (exact) mass is 308 g/mol. The van der Waals surface area contributed by atoms with Gasteiger partial charge in [-0.15, -0.1) is 0 Å². The first-order chi connectivity index (χ1) is 10.6. The molecule has 0 aliphatic carbocycles. The third-order valence-corrected chi connectivity index (χ3v) is 4.03. The first-order valence-corrected chi connectivity index (χ1v) is 8.04. The van der Waals surface area contributed by atoms with Crippen molar-refractivity contribution in [1.29, 1.82) is 0 Å². The molecule has 22 heavy (non-hydrogen) atoms.